The molecule has 11 heavy (non-hydrogen) atoms. The van der Waals surface area contributed by atoms with Crippen LogP contribution in [0, 0.1) is 11.3 Å². The second-order valence-electron chi connectivity index (χ2n) is 2.51. The van der Waals surface area contributed by atoms with Gasteiger partial charge in [0.05, 0.1) is 11.9 Å². The summed E-state index contributed by atoms with van der Waals surface area (Å²) < 4.78 is 1.95. The summed E-state index contributed by atoms with van der Waals surface area (Å²) in [7, 11) is 0. The highest BCUT2D eigenvalue weighted by atomic mass is 15.1. The van der Waals surface area contributed by atoms with E-state index in [1.54, 1.807) is 6.20 Å². The van der Waals surface area contributed by atoms with E-state index in [1.807, 2.05) is 4.57 Å². The standard InChI is InChI=1S/C7H8N4/c8-3-7-10-5-6-4-9-1-2-11(6)7/h5,9H,1-2,4H2. The number of nitrogens with one attached hydrogen (secondary N) is 1. The number of hydrogen-bond acceptors (Lipinski definition) is 3. The van der Waals surface area contributed by atoms with Crippen LogP contribution in [0.25, 0.3) is 0 Å². The molecule has 1 aromatic heterocycles. The van der Waals surface area contributed by atoms with Crippen LogP contribution >= 0.6 is 0 Å². The van der Waals surface area contributed by atoms with E-state index in [0.717, 1.165) is 25.3 Å². The van der Waals surface area contributed by atoms with Gasteiger partial charge in [-0.25, -0.2) is 4.98 Å². The number of aromatic nitrogens is 2. The smallest absolute Gasteiger partial charge is 0.213 e. The number of hydrogen-bond donors (Lipinski definition) is 1. The molecule has 0 fully saturated rings. The molecule has 0 atom stereocenters. The Labute approximate surface area is 64.5 Å². The van der Waals surface area contributed by atoms with Gasteiger partial charge in [-0.2, -0.15) is 5.26 Å². The molecule has 0 bridgehead atoms. The van der Waals surface area contributed by atoms with Crippen molar-refractivity contribution in [1.82, 2.24) is 14.9 Å². The minimum absolute atomic E-state index is 0.529. The summed E-state index contributed by atoms with van der Waals surface area (Å²) in [6.45, 7) is 2.62. The normalized spacial score (nSPS) is 15.5. The molecule has 0 spiro atoms. The van der Waals surface area contributed by atoms with E-state index < -0.39 is 0 Å². The second-order valence-corrected chi connectivity index (χ2v) is 2.51. The SMILES string of the molecule is N#Cc1ncc2n1CCNC2. The Morgan fingerprint density at radius 1 is 1.73 bits per heavy atom. The maximum Gasteiger partial charge on any atom is 0.213 e. The first kappa shape index (κ1) is 6.38. The maximum absolute atomic E-state index is 8.63. The van der Waals surface area contributed by atoms with Crippen LogP contribution in [0.5, 0.6) is 0 Å². The largest absolute Gasteiger partial charge is 0.317 e. The Hall–Kier alpha value is -1.34. The van der Waals surface area contributed by atoms with E-state index in [1.165, 1.54) is 0 Å². The van der Waals surface area contributed by atoms with E-state index in [9.17, 15) is 0 Å². The molecule has 1 aliphatic heterocycles. The Morgan fingerprint density at radius 2 is 2.64 bits per heavy atom. The predicted molar refractivity (Wildman–Crippen MR) is 38.6 cm³/mol. The van der Waals surface area contributed by atoms with Gasteiger partial charge in [0, 0.05) is 19.6 Å². The van der Waals surface area contributed by atoms with Crippen molar-refractivity contribution in [3.05, 3.63) is 17.7 Å². The summed E-state index contributed by atoms with van der Waals surface area (Å²) in [5.41, 5.74) is 1.10. The topological polar surface area (TPSA) is 53.6 Å². The monoisotopic (exact) mass is 148 g/mol. The first-order valence-corrected chi connectivity index (χ1v) is 3.57. The molecule has 1 aliphatic rings. The highest BCUT2D eigenvalue weighted by Crippen LogP contribution is 2.06. The summed E-state index contributed by atoms with van der Waals surface area (Å²) in [4.78, 5) is 3.98. The van der Waals surface area contributed by atoms with E-state index in [4.69, 9.17) is 5.26 Å². The fraction of sp³-hybridized carbons (Fsp3) is 0.429. The van der Waals surface area contributed by atoms with Crippen molar-refractivity contribution in [2.24, 2.45) is 0 Å². The molecule has 0 aliphatic carbocycles. The number of nitriles is 1. The van der Waals surface area contributed by atoms with Crippen molar-refractivity contribution in [2.45, 2.75) is 13.1 Å². The highest BCUT2D eigenvalue weighted by molar-refractivity contribution is 5.17. The van der Waals surface area contributed by atoms with Crippen LogP contribution in [-0.2, 0) is 13.1 Å². The minimum atomic E-state index is 0.529. The summed E-state index contributed by atoms with van der Waals surface area (Å²) in [5, 5.41) is 11.8. The average molecular weight is 148 g/mol. The highest BCUT2D eigenvalue weighted by Gasteiger charge is 2.11. The van der Waals surface area contributed by atoms with Gasteiger partial charge in [0.15, 0.2) is 0 Å². The van der Waals surface area contributed by atoms with E-state index >= 15 is 0 Å². The summed E-state index contributed by atoms with van der Waals surface area (Å²) >= 11 is 0. The van der Waals surface area contributed by atoms with Crippen molar-refractivity contribution in [2.75, 3.05) is 6.54 Å². The Kier molecular flexibility index (Phi) is 1.37. The van der Waals surface area contributed by atoms with Crippen molar-refractivity contribution < 1.29 is 0 Å². The van der Waals surface area contributed by atoms with Gasteiger partial charge in [0.1, 0.15) is 6.07 Å². The summed E-state index contributed by atoms with van der Waals surface area (Å²) in [5.74, 6) is 0.529. The molecule has 4 heteroatoms. The molecule has 0 aromatic carbocycles. The molecule has 2 rings (SSSR count). The van der Waals surface area contributed by atoms with Gasteiger partial charge in [-0.05, 0) is 0 Å². The minimum Gasteiger partial charge on any atom is -0.317 e. The molecule has 0 unspecified atom stereocenters. The van der Waals surface area contributed by atoms with Crippen LogP contribution in [0.2, 0.25) is 0 Å². The molecule has 0 saturated heterocycles. The van der Waals surface area contributed by atoms with Gasteiger partial charge in [-0.3, -0.25) is 0 Å². The molecule has 0 radical (unpaired) electrons. The quantitative estimate of drug-likeness (QED) is 0.557. The van der Waals surface area contributed by atoms with Gasteiger partial charge < -0.3 is 9.88 Å². The molecule has 0 saturated carbocycles. The van der Waals surface area contributed by atoms with E-state index in [0.29, 0.717) is 5.82 Å². The van der Waals surface area contributed by atoms with Crippen molar-refractivity contribution in [1.29, 1.82) is 5.26 Å². The lowest BCUT2D eigenvalue weighted by Gasteiger charge is -2.15. The van der Waals surface area contributed by atoms with Crippen molar-refractivity contribution >= 4 is 0 Å². The predicted octanol–water partition coefficient (Wildman–Crippen LogP) is -0.142. The molecule has 1 aromatic rings. The van der Waals surface area contributed by atoms with Crippen LogP contribution in [-0.4, -0.2) is 16.1 Å². The van der Waals surface area contributed by atoms with Gasteiger partial charge >= 0.3 is 0 Å². The van der Waals surface area contributed by atoms with Crippen LogP contribution < -0.4 is 5.32 Å². The fourth-order valence-corrected chi connectivity index (χ4v) is 1.30. The zero-order chi connectivity index (χ0) is 7.68. The fourth-order valence-electron chi connectivity index (χ4n) is 1.30. The number of nitrogens with zero attached hydrogens (tertiary/aromatic N) is 3. The van der Waals surface area contributed by atoms with E-state index in [-0.39, 0.29) is 0 Å². The molecular weight excluding hydrogens is 140 g/mol. The van der Waals surface area contributed by atoms with Gasteiger partial charge in [0.25, 0.3) is 0 Å². The third-order valence-corrected chi connectivity index (χ3v) is 1.86. The summed E-state index contributed by atoms with van der Waals surface area (Å²) in [6.07, 6.45) is 1.75. The molecule has 1 N–H and O–H groups in total. The number of fused-ring (bicyclic) bond motifs is 1. The zero-order valence-corrected chi connectivity index (χ0v) is 6.04. The van der Waals surface area contributed by atoms with Crippen LogP contribution in [0.3, 0.4) is 0 Å². The molecule has 56 valence electrons. The van der Waals surface area contributed by atoms with Crippen LogP contribution in [0.4, 0.5) is 0 Å². The Bertz CT molecular complexity index is 307. The van der Waals surface area contributed by atoms with Crippen LogP contribution in [0.15, 0.2) is 6.20 Å². The first-order chi connectivity index (χ1) is 5.42. The van der Waals surface area contributed by atoms with E-state index in [2.05, 4.69) is 16.4 Å². The van der Waals surface area contributed by atoms with Crippen molar-refractivity contribution in [3.63, 3.8) is 0 Å². The zero-order valence-electron chi connectivity index (χ0n) is 6.04. The first-order valence-electron chi connectivity index (χ1n) is 3.57. The lowest BCUT2D eigenvalue weighted by Crippen LogP contribution is -2.28. The molecule has 4 nitrogen and oxygen atoms in total. The molecular formula is C7H8N4. The second kappa shape index (κ2) is 2.36. The van der Waals surface area contributed by atoms with Gasteiger partial charge in [0.2, 0.25) is 5.82 Å². The third kappa shape index (κ3) is 0.900. The molecule has 0 amide bonds. The molecule has 2 heterocycles. The maximum atomic E-state index is 8.63. The summed E-state index contributed by atoms with van der Waals surface area (Å²) in [6, 6.07) is 2.06. The number of rotatable bonds is 0. The third-order valence-electron chi connectivity index (χ3n) is 1.86. The van der Waals surface area contributed by atoms with Crippen LogP contribution in [0.1, 0.15) is 11.5 Å². The lowest BCUT2D eigenvalue weighted by atomic mass is 10.3. The van der Waals surface area contributed by atoms with Crippen molar-refractivity contribution in [3.8, 4) is 6.07 Å². The average Bonchev–Trinajstić information content (AvgIpc) is 2.47. The Balaban J connectivity index is 2.48. The lowest BCUT2D eigenvalue weighted by molar-refractivity contribution is 0.512. The van der Waals surface area contributed by atoms with Gasteiger partial charge in [-0.15, -0.1) is 0 Å². The Morgan fingerprint density at radius 3 is 3.45 bits per heavy atom. The number of imidazole rings is 1. The van der Waals surface area contributed by atoms with Gasteiger partial charge in [-0.1, -0.05) is 0 Å².